The highest BCUT2D eigenvalue weighted by Crippen LogP contribution is 2.30. The number of carbonyl (C=O) groups is 1. The van der Waals surface area contributed by atoms with Crippen molar-refractivity contribution >= 4 is 34.1 Å². The highest BCUT2D eigenvalue weighted by atomic mass is 19.1. The summed E-state index contributed by atoms with van der Waals surface area (Å²) in [5.74, 6) is -1.31. The second kappa shape index (κ2) is 10.7. The number of pyridine rings is 3. The summed E-state index contributed by atoms with van der Waals surface area (Å²) in [5, 5.41) is 15.0. The van der Waals surface area contributed by atoms with Gasteiger partial charge < -0.3 is 25.5 Å². The predicted molar refractivity (Wildman–Crippen MR) is 142 cm³/mol. The molecule has 0 radical (unpaired) electrons. The van der Waals surface area contributed by atoms with E-state index < -0.39 is 23.6 Å². The first-order chi connectivity index (χ1) is 18.8. The van der Waals surface area contributed by atoms with Gasteiger partial charge >= 0.3 is 0 Å². The summed E-state index contributed by atoms with van der Waals surface area (Å²) in [4.78, 5) is 36.3. The van der Waals surface area contributed by atoms with Gasteiger partial charge in [-0.25, -0.2) is 18.7 Å². The van der Waals surface area contributed by atoms with Gasteiger partial charge in [0.2, 0.25) is 5.43 Å². The van der Waals surface area contributed by atoms with E-state index in [9.17, 15) is 23.5 Å². The Labute approximate surface area is 220 Å². The van der Waals surface area contributed by atoms with E-state index in [1.54, 1.807) is 18.3 Å². The summed E-state index contributed by atoms with van der Waals surface area (Å²) < 4.78 is 33.9. The Kier molecular flexibility index (Phi) is 6.98. The van der Waals surface area contributed by atoms with E-state index in [0.717, 1.165) is 0 Å². The van der Waals surface area contributed by atoms with Crippen LogP contribution in [0.25, 0.3) is 22.0 Å². The van der Waals surface area contributed by atoms with Gasteiger partial charge in [-0.1, -0.05) is 12.1 Å². The summed E-state index contributed by atoms with van der Waals surface area (Å²) in [6.07, 6.45) is 3.19. The molecule has 0 aliphatic rings. The minimum Gasteiger partial charge on any atom is -0.454 e. The largest absolute Gasteiger partial charge is 0.454 e. The molecule has 4 N–H and O–H groups in total. The quantitative estimate of drug-likeness (QED) is 0.230. The first kappa shape index (κ1) is 25.5. The van der Waals surface area contributed by atoms with E-state index in [1.807, 2.05) is 0 Å². The number of aliphatic hydroxyl groups excluding tert-OH is 1. The van der Waals surface area contributed by atoms with Gasteiger partial charge in [-0.2, -0.15) is 0 Å². The topological polar surface area (TPSA) is 129 Å². The summed E-state index contributed by atoms with van der Waals surface area (Å²) in [6, 6.07) is 14.2. The SMILES string of the molecule is CC(O)C(=O)Nc1cc(Oc2ccc(Nc3nccc4[nH]cc(-c5ccc(F)cc5)c(=O)c34)cc2F)ccn1. The number of rotatable bonds is 7. The minimum atomic E-state index is -1.23. The molecule has 196 valence electrons. The number of benzene rings is 2. The maximum atomic E-state index is 15.0. The standard InChI is InChI=1S/C28H21F2N5O4/c1-15(36)28(38)35-24-13-19(8-10-31-24)39-23-7-6-18(12-21(23)30)34-27-25-22(9-11-32-27)33-14-20(26(25)37)16-2-4-17(29)5-3-16/h2-15,36H,1H3,(H,32,34)(H,33,37)(H,31,35,38). The molecular formula is C28H21F2N5O4. The molecule has 1 unspecified atom stereocenters. The van der Waals surface area contributed by atoms with Gasteiger partial charge in [0.15, 0.2) is 11.6 Å². The number of amides is 1. The van der Waals surface area contributed by atoms with Crippen molar-refractivity contribution in [3.8, 4) is 22.6 Å². The fraction of sp³-hybridized carbons (Fsp3) is 0.0714. The van der Waals surface area contributed by atoms with Crippen molar-refractivity contribution in [2.45, 2.75) is 13.0 Å². The van der Waals surface area contributed by atoms with Gasteiger partial charge in [0, 0.05) is 42.0 Å². The number of aliphatic hydroxyl groups is 1. The van der Waals surface area contributed by atoms with Crippen molar-refractivity contribution in [2.24, 2.45) is 0 Å². The van der Waals surface area contributed by atoms with Crippen LogP contribution in [0.1, 0.15) is 6.92 Å². The Morgan fingerprint density at radius 1 is 1.03 bits per heavy atom. The fourth-order valence-corrected chi connectivity index (χ4v) is 3.80. The zero-order chi connectivity index (χ0) is 27.5. The third kappa shape index (κ3) is 5.58. The van der Waals surface area contributed by atoms with Gasteiger partial charge in [-0.15, -0.1) is 0 Å². The van der Waals surface area contributed by atoms with Crippen LogP contribution < -0.4 is 20.8 Å². The molecule has 39 heavy (non-hydrogen) atoms. The van der Waals surface area contributed by atoms with Gasteiger partial charge in [-0.3, -0.25) is 9.59 Å². The van der Waals surface area contributed by atoms with Crippen LogP contribution in [0.15, 0.2) is 84.0 Å². The highest BCUT2D eigenvalue weighted by molar-refractivity contribution is 5.93. The Morgan fingerprint density at radius 3 is 2.54 bits per heavy atom. The number of nitrogens with zero attached hydrogens (tertiary/aromatic N) is 2. The fourth-order valence-electron chi connectivity index (χ4n) is 3.80. The lowest BCUT2D eigenvalue weighted by Gasteiger charge is -2.12. The van der Waals surface area contributed by atoms with Crippen molar-refractivity contribution in [2.75, 3.05) is 10.6 Å². The molecule has 0 bridgehead atoms. The molecule has 9 nitrogen and oxygen atoms in total. The summed E-state index contributed by atoms with van der Waals surface area (Å²) >= 11 is 0. The number of anilines is 3. The smallest absolute Gasteiger partial charge is 0.254 e. The number of aromatic amines is 1. The number of aromatic nitrogens is 3. The molecule has 0 spiro atoms. The first-order valence-corrected chi connectivity index (χ1v) is 11.7. The van der Waals surface area contributed by atoms with Crippen molar-refractivity contribution in [3.05, 3.63) is 101 Å². The van der Waals surface area contributed by atoms with Gasteiger partial charge in [0.05, 0.1) is 10.9 Å². The van der Waals surface area contributed by atoms with Crippen LogP contribution in [0.2, 0.25) is 0 Å². The number of hydrogen-bond acceptors (Lipinski definition) is 7. The molecule has 2 aromatic carbocycles. The number of halogens is 2. The zero-order valence-electron chi connectivity index (χ0n) is 20.4. The molecule has 0 fully saturated rings. The van der Waals surface area contributed by atoms with E-state index in [2.05, 4.69) is 25.6 Å². The van der Waals surface area contributed by atoms with Crippen LogP contribution in [0.3, 0.4) is 0 Å². The summed E-state index contributed by atoms with van der Waals surface area (Å²) in [5.41, 5.74) is 1.36. The number of nitrogens with one attached hydrogen (secondary N) is 3. The molecule has 3 aromatic heterocycles. The van der Waals surface area contributed by atoms with Crippen molar-refractivity contribution < 1.29 is 23.4 Å². The molecule has 0 saturated heterocycles. The molecule has 1 atom stereocenters. The monoisotopic (exact) mass is 529 g/mol. The average molecular weight is 530 g/mol. The van der Waals surface area contributed by atoms with Gasteiger partial charge in [0.25, 0.3) is 5.91 Å². The Balaban J connectivity index is 1.40. The molecule has 0 aliphatic carbocycles. The lowest BCUT2D eigenvalue weighted by Crippen LogP contribution is -2.24. The summed E-state index contributed by atoms with van der Waals surface area (Å²) in [7, 11) is 0. The minimum absolute atomic E-state index is 0.0955. The van der Waals surface area contributed by atoms with Crippen molar-refractivity contribution in [1.29, 1.82) is 0 Å². The second-order valence-electron chi connectivity index (χ2n) is 8.53. The van der Waals surface area contributed by atoms with Crippen LogP contribution in [-0.4, -0.2) is 32.1 Å². The number of ether oxygens (including phenoxy) is 1. The van der Waals surface area contributed by atoms with E-state index >= 15 is 0 Å². The normalized spacial score (nSPS) is 11.7. The van der Waals surface area contributed by atoms with Crippen LogP contribution in [-0.2, 0) is 4.79 Å². The number of H-pyrrole nitrogens is 1. The molecule has 0 aliphatic heterocycles. The average Bonchev–Trinajstić information content (AvgIpc) is 2.91. The van der Waals surface area contributed by atoms with Gasteiger partial charge in [-0.05, 0) is 48.9 Å². The maximum absolute atomic E-state index is 15.0. The number of hydrogen-bond donors (Lipinski definition) is 4. The zero-order valence-corrected chi connectivity index (χ0v) is 20.4. The van der Waals surface area contributed by atoms with Crippen LogP contribution in [0.4, 0.5) is 26.1 Å². The van der Waals surface area contributed by atoms with E-state index in [1.165, 1.54) is 67.8 Å². The second-order valence-corrected chi connectivity index (χ2v) is 8.53. The first-order valence-electron chi connectivity index (χ1n) is 11.7. The Morgan fingerprint density at radius 2 is 1.79 bits per heavy atom. The molecule has 0 saturated carbocycles. The van der Waals surface area contributed by atoms with Crippen LogP contribution in [0, 0.1) is 11.6 Å². The Hall–Kier alpha value is -5.16. The van der Waals surface area contributed by atoms with E-state index in [4.69, 9.17) is 4.74 Å². The van der Waals surface area contributed by atoms with Crippen LogP contribution in [0.5, 0.6) is 11.5 Å². The Bertz CT molecular complexity index is 1740. The summed E-state index contributed by atoms with van der Waals surface area (Å²) in [6.45, 7) is 1.31. The van der Waals surface area contributed by atoms with Crippen molar-refractivity contribution in [3.63, 3.8) is 0 Å². The van der Waals surface area contributed by atoms with E-state index in [-0.39, 0.29) is 33.9 Å². The van der Waals surface area contributed by atoms with E-state index in [0.29, 0.717) is 22.3 Å². The molecule has 1 amide bonds. The highest BCUT2D eigenvalue weighted by Gasteiger charge is 2.15. The third-order valence-electron chi connectivity index (χ3n) is 5.73. The number of carbonyl (C=O) groups excluding carboxylic acids is 1. The lowest BCUT2D eigenvalue weighted by molar-refractivity contribution is -0.123. The lowest BCUT2D eigenvalue weighted by atomic mass is 10.0. The van der Waals surface area contributed by atoms with Crippen LogP contribution >= 0.6 is 0 Å². The molecular weight excluding hydrogens is 508 g/mol. The third-order valence-corrected chi connectivity index (χ3v) is 5.73. The van der Waals surface area contributed by atoms with Crippen molar-refractivity contribution in [1.82, 2.24) is 15.0 Å². The van der Waals surface area contributed by atoms with Gasteiger partial charge in [0.1, 0.15) is 29.3 Å². The molecule has 5 rings (SSSR count). The molecule has 3 heterocycles. The molecule has 11 heteroatoms. The molecule has 5 aromatic rings. The maximum Gasteiger partial charge on any atom is 0.254 e. The number of fused-ring (bicyclic) bond motifs is 1. The predicted octanol–water partition coefficient (Wildman–Crippen LogP) is 5.12.